The van der Waals surface area contributed by atoms with E-state index in [1.807, 2.05) is 12.1 Å². The summed E-state index contributed by atoms with van der Waals surface area (Å²) in [5.74, 6) is 0.408. The number of benzene rings is 1. The molecule has 2 heterocycles. The van der Waals surface area contributed by atoms with Crippen LogP contribution in [0.2, 0.25) is 0 Å². The molecule has 0 bridgehead atoms. The number of aryl methyl sites for hydroxylation is 2. The van der Waals surface area contributed by atoms with E-state index in [9.17, 15) is 4.79 Å². The molecule has 0 spiro atoms. The van der Waals surface area contributed by atoms with Crippen molar-refractivity contribution in [1.82, 2.24) is 19.9 Å². The second kappa shape index (κ2) is 9.78. The fourth-order valence-corrected chi connectivity index (χ4v) is 3.19. The van der Waals surface area contributed by atoms with E-state index < -0.39 is 0 Å². The molecule has 6 nitrogen and oxygen atoms in total. The fourth-order valence-electron chi connectivity index (χ4n) is 3.19. The van der Waals surface area contributed by atoms with Gasteiger partial charge in [0.25, 0.3) is 5.91 Å². The predicted molar refractivity (Wildman–Crippen MR) is 115 cm³/mol. The molecule has 2 aromatic heterocycles. The molecule has 0 saturated carbocycles. The first kappa shape index (κ1) is 20.5. The van der Waals surface area contributed by atoms with Crippen molar-refractivity contribution in [3.8, 4) is 0 Å². The third kappa shape index (κ3) is 5.16. The van der Waals surface area contributed by atoms with Crippen LogP contribution >= 0.6 is 0 Å². The first-order valence-corrected chi connectivity index (χ1v) is 9.96. The molecule has 150 valence electrons. The van der Waals surface area contributed by atoms with Crippen LogP contribution in [-0.4, -0.2) is 39.4 Å². The maximum absolute atomic E-state index is 12.6. The normalized spacial score (nSPS) is 10.6. The number of carbonyl (C=O) groups is 1. The zero-order valence-corrected chi connectivity index (χ0v) is 17.2. The lowest BCUT2D eigenvalue weighted by atomic mass is 10.0. The molecule has 1 N–H and O–H groups in total. The SMILES string of the molecule is CCc1cccc(CC)c1Nc1ncc(C(=O)N(C)CCc2ccncc2)cn1. The van der Waals surface area contributed by atoms with Crippen molar-refractivity contribution < 1.29 is 4.79 Å². The van der Waals surface area contributed by atoms with E-state index in [4.69, 9.17) is 0 Å². The number of hydrogen-bond acceptors (Lipinski definition) is 5. The number of hydrogen-bond donors (Lipinski definition) is 1. The highest BCUT2D eigenvalue weighted by molar-refractivity contribution is 5.93. The lowest BCUT2D eigenvalue weighted by Crippen LogP contribution is -2.29. The van der Waals surface area contributed by atoms with Gasteiger partial charge in [0.15, 0.2) is 0 Å². The van der Waals surface area contributed by atoms with Gasteiger partial charge in [-0.25, -0.2) is 9.97 Å². The number of carbonyl (C=O) groups excluding carboxylic acids is 1. The maximum Gasteiger partial charge on any atom is 0.256 e. The molecule has 0 unspecified atom stereocenters. The number of pyridine rings is 1. The quantitative estimate of drug-likeness (QED) is 0.629. The molecule has 1 aromatic carbocycles. The second-order valence-corrected chi connectivity index (χ2v) is 6.91. The van der Waals surface area contributed by atoms with E-state index in [0.717, 1.165) is 30.5 Å². The van der Waals surface area contributed by atoms with Crippen molar-refractivity contribution in [1.29, 1.82) is 0 Å². The molecule has 3 aromatic rings. The summed E-state index contributed by atoms with van der Waals surface area (Å²) in [6.45, 7) is 4.88. The molecule has 0 aliphatic rings. The highest BCUT2D eigenvalue weighted by Crippen LogP contribution is 2.25. The van der Waals surface area contributed by atoms with Gasteiger partial charge in [-0.1, -0.05) is 32.0 Å². The van der Waals surface area contributed by atoms with E-state index in [-0.39, 0.29) is 5.91 Å². The smallest absolute Gasteiger partial charge is 0.256 e. The number of anilines is 2. The topological polar surface area (TPSA) is 71.0 Å². The van der Waals surface area contributed by atoms with Gasteiger partial charge in [0.05, 0.1) is 5.56 Å². The summed E-state index contributed by atoms with van der Waals surface area (Å²) >= 11 is 0. The third-order valence-electron chi connectivity index (χ3n) is 4.97. The van der Waals surface area contributed by atoms with Crippen molar-refractivity contribution in [2.75, 3.05) is 18.9 Å². The average molecular weight is 390 g/mol. The van der Waals surface area contributed by atoms with Crippen LogP contribution < -0.4 is 5.32 Å². The Labute approximate surface area is 172 Å². The van der Waals surface area contributed by atoms with Gasteiger partial charge in [0, 0.05) is 44.1 Å². The highest BCUT2D eigenvalue weighted by atomic mass is 16.2. The number of nitrogens with one attached hydrogen (secondary N) is 1. The number of para-hydroxylation sites is 1. The Morgan fingerprint density at radius 2 is 1.62 bits per heavy atom. The van der Waals surface area contributed by atoms with E-state index >= 15 is 0 Å². The summed E-state index contributed by atoms with van der Waals surface area (Å²) in [5, 5.41) is 3.33. The van der Waals surface area contributed by atoms with Gasteiger partial charge in [-0.3, -0.25) is 9.78 Å². The van der Waals surface area contributed by atoms with Gasteiger partial charge in [0.2, 0.25) is 5.95 Å². The van der Waals surface area contributed by atoms with Gasteiger partial charge in [-0.2, -0.15) is 0 Å². The van der Waals surface area contributed by atoms with Crippen LogP contribution in [0.5, 0.6) is 0 Å². The molecule has 0 aliphatic heterocycles. The summed E-state index contributed by atoms with van der Waals surface area (Å²) in [6, 6.07) is 10.2. The molecule has 0 radical (unpaired) electrons. The van der Waals surface area contributed by atoms with Gasteiger partial charge >= 0.3 is 0 Å². The third-order valence-corrected chi connectivity index (χ3v) is 4.97. The Morgan fingerprint density at radius 1 is 1.00 bits per heavy atom. The second-order valence-electron chi connectivity index (χ2n) is 6.91. The zero-order valence-electron chi connectivity index (χ0n) is 17.2. The van der Waals surface area contributed by atoms with Gasteiger partial charge in [-0.15, -0.1) is 0 Å². The Hall–Kier alpha value is -3.28. The summed E-state index contributed by atoms with van der Waals surface area (Å²) in [5.41, 5.74) is 5.14. The van der Waals surface area contributed by atoms with E-state index in [1.165, 1.54) is 11.1 Å². The molecule has 3 rings (SSSR count). The number of likely N-dealkylation sites (N-methyl/N-ethyl adjacent to an activating group) is 1. The van der Waals surface area contributed by atoms with Crippen LogP contribution in [0.15, 0.2) is 55.1 Å². The van der Waals surface area contributed by atoms with Gasteiger partial charge < -0.3 is 10.2 Å². The molecule has 29 heavy (non-hydrogen) atoms. The molecular formula is C23H27N5O. The van der Waals surface area contributed by atoms with Crippen molar-refractivity contribution in [2.45, 2.75) is 33.1 Å². The minimum Gasteiger partial charge on any atom is -0.341 e. The lowest BCUT2D eigenvalue weighted by molar-refractivity contribution is 0.0796. The number of rotatable bonds is 8. The summed E-state index contributed by atoms with van der Waals surface area (Å²) in [6.07, 6.45) is 9.32. The fraction of sp³-hybridized carbons (Fsp3) is 0.304. The highest BCUT2D eigenvalue weighted by Gasteiger charge is 2.14. The van der Waals surface area contributed by atoms with Crippen LogP contribution in [-0.2, 0) is 19.3 Å². The molecule has 6 heteroatoms. The molecule has 0 fully saturated rings. The minimum absolute atomic E-state index is 0.0891. The monoisotopic (exact) mass is 389 g/mol. The van der Waals surface area contributed by atoms with Crippen LogP contribution in [0, 0.1) is 0 Å². The van der Waals surface area contributed by atoms with E-state index in [0.29, 0.717) is 18.1 Å². The largest absolute Gasteiger partial charge is 0.341 e. The predicted octanol–water partition coefficient (Wildman–Crippen LogP) is 4.05. The Kier molecular flexibility index (Phi) is 6.89. The first-order valence-electron chi connectivity index (χ1n) is 9.96. The van der Waals surface area contributed by atoms with Gasteiger partial charge in [0.1, 0.15) is 0 Å². The first-order chi connectivity index (χ1) is 14.1. The lowest BCUT2D eigenvalue weighted by Gasteiger charge is -2.17. The summed E-state index contributed by atoms with van der Waals surface area (Å²) in [4.78, 5) is 27.1. The Bertz CT molecular complexity index is 919. The standard InChI is InChI=1S/C23H27N5O/c1-4-18-7-6-8-19(5-2)21(18)27-23-25-15-20(16-26-23)22(29)28(3)14-11-17-9-12-24-13-10-17/h6-10,12-13,15-16H,4-5,11,14H2,1-3H3,(H,25,26,27). The summed E-state index contributed by atoms with van der Waals surface area (Å²) in [7, 11) is 1.79. The molecule has 0 aliphatic carbocycles. The van der Waals surface area contributed by atoms with Crippen LogP contribution in [0.4, 0.5) is 11.6 Å². The molecule has 1 amide bonds. The van der Waals surface area contributed by atoms with Crippen molar-refractivity contribution in [3.05, 3.63) is 77.4 Å². The average Bonchev–Trinajstić information content (AvgIpc) is 2.78. The zero-order chi connectivity index (χ0) is 20.6. The number of amides is 1. The Balaban J connectivity index is 1.66. The number of aromatic nitrogens is 3. The number of nitrogens with zero attached hydrogens (tertiary/aromatic N) is 4. The maximum atomic E-state index is 12.6. The van der Waals surface area contributed by atoms with Crippen molar-refractivity contribution in [3.63, 3.8) is 0 Å². The van der Waals surface area contributed by atoms with Crippen LogP contribution in [0.1, 0.15) is 40.9 Å². The summed E-state index contributed by atoms with van der Waals surface area (Å²) < 4.78 is 0. The molecular weight excluding hydrogens is 362 g/mol. The van der Waals surface area contributed by atoms with E-state index in [2.05, 4.69) is 52.3 Å². The Morgan fingerprint density at radius 3 is 2.21 bits per heavy atom. The molecule has 0 atom stereocenters. The molecule has 0 saturated heterocycles. The van der Waals surface area contributed by atoms with Crippen LogP contribution in [0.3, 0.4) is 0 Å². The van der Waals surface area contributed by atoms with Crippen molar-refractivity contribution >= 4 is 17.5 Å². The minimum atomic E-state index is -0.0891. The van der Waals surface area contributed by atoms with Crippen molar-refractivity contribution in [2.24, 2.45) is 0 Å². The van der Waals surface area contributed by atoms with Gasteiger partial charge in [-0.05, 0) is 48.1 Å². The van der Waals surface area contributed by atoms with E-state index in [1.54, 1.807) is 36.7 Å². The van der Waals surface area contributed by atoms with Crippen LogP contribution in [0.25, 0.3) is 0 Å².